The highest BCUT2D eigenvalue weighted by molar-refractivity contribution is 14.0. The first kappa shape index (κ1) is 25.0. The van der Waals surface area contributed by atoms with E-state index in [-0.39, 0.29) is 30.0 Å². The number of guanidine groups is 1. The van der Waals surface area contributed by atoms with E-state index in [2.05, 4.69) is 60.9 Å². The van der Waals surface area contributed by atoms with Crippen molar-refractivity contribution in [2.75, 3.05) is 33.8 Å². The third-order valence-electron chi connectivity index (χ3n) is 5.83. The molecule has 0 amide bonds. The van der Waals surface area contributed by atoms with Crippen molar-refractivity contribution in [2.45, 2.75) is 25.4 Å². The Morgan fingerprint density at radius 2 is 1.91 bits per heavy atom. The minimum atomic E-state index is 0. The zero-order valence-electron chi connectivity index (χ0n) is 19.1. The molecule has 2 N–H and O–H groups in total. The van der Waals surface area contributed by atoms with Crippen LogP contribution in [0.1, 0.15) is 30.0 Å². The van der Waals surface area contributed by atoms with E-state index in [0.717, 1.165) is 37.0 Å². The van der Waals surface area contributed by atoms with E-state index in [1.807, 2.05) is 18.2 Å². The Hall–Kier alpha value is -2.66. The Kier molecular flexibility index (Phi) is 9.49. The van der Waals surface area contributed by atoms with Crippen LogP contribution >= 0.6 is 24.0 Å². The van der Waals surface area contributed by atoms with Gasteiger partial charge >= 0.3 is 0 Å². The fourth-order valence-corrected chi connectivity index (χ4v) is 4.07. The zero-order valence-corrected chi connectivity index (χ0v) is 21.5. The average Bonchev–Trinajstić information content (AvgIpc) is 3.57. The lowest BCUT2D eigenvalue weighted by atomic mass is 10.1. The van der Waals surface area contributed by atoms with Crippen molar-refractivity contribution in [2.24, 2.45) is 4.99 Å². The predicted molar refractivity (Wildman–Crippen MR) is 142 cm³/mol. The molecule has 1 atom stereocenters. The van der Waals surface area contributed by atoms with Crippen LogP contribution in [0.2, 0.25) is 0 Å². The molecule has 33 heavy (non-hydrogen) atoms. The minimum Gasteiger partial charge on any atom is -0.497 e. The summed E-state index contributed by atoms with van der Waals surface area (Å²) in [4.78, 5) is 10.9. The molecule has 2 aromatic carbocycles. The molecule has 0 radical (unpaired) electrons. The van der Waals surface area contributed by atoms with Crippen molar-refractivity contribution in [1.29, 1.82) is 0 Å². The molecule has 4 rings (SSSR count). The predicted octanol–water partition coefficient (Wildman–Crippen LogP) is 3.40. The highest BCUT2D eigenvalue weighted by atomic mass is 127. The number of nitrogens with zero attached hydrogens (tertiary/aromatic N) is 5. The van der Waals surface area contributed by atoms with E-state index < -0.39 is 0 Å². The van der Waals surface area contributed by atoms with E-state index in [1.165, 1.54) is 30.3 Å². The van der Waals surface area contributed by atoms with Gasteiger partial charge in [0.2, 0.25) is 0 Å². The number of halogens is 1. The standard InChI is InChI=1S/C24H31N7O.HI/c1-25-24(27-15-19-8-10-21(11-9-19)31-18-26-17-29-31)28-16-23(30-12-3-4-13-30)20-6-5-7-22(14-20)32-2;/h5-11,14,17-18,23H,3-4,12-13,15-16H2,1-2H3,(H2,25,27,28);1H. The summed E-state index contributed by atoms with van der Waals surface area (Å²) in [5.41, 5.74) is 3.42. The molecule has 0 bridgehead atoms. The molecule has 1 saturated heterocycles. The van der Waals surface area contributed by atoms with Crippen LogP contribution in [0.25, 0.3) is 5.69 Å². The number of ether oxygens (including phenoxy) is 1. The normalized spacial score (nSPS) is 15.0. The average molecular weight is 561 g/mol. The second-order valence-electron chi connectivity index (χ2n) is 7.85. The second kappa shape index (κ2) is 12.5. The zero-order chi connectivity index (χ0) is 22.2. The highest BCUT2D eigenvalue weighted by Crippen LogP contribution is 2.27. The summed E-state index contributed by atoms with van der Waals surface area (Å²) in [6.07, 6.45) is 5.72. The minimum absolute atomic E-state index is 0. The summed E-state index contributed by atoms with van der Waals surface area (Å²) in [6, 6.07) is 16.9. The maximum absolute atomic E-state index is 5.45. The molecule has 1 unspecified atom stereocenters. The molecule has 1 aliphatic heterocycles. The summed E-state index contributed by atoms with van der Waals surface area (Å²) in [5, 5.41) is 11.1. The van der Waals surface area contributed by atoms with E-state index in [4.69, 9.17) is 4.74 Å². The summed E-state index contributed by atoms with van der Waals surface area (Å²) in [7, 11) is 3.52. The third kappa shape index (κ3) is 6.67. The van der Waals surface area contributed by atoms with Gasteiger partial charge in [-0.3, -0.25) is 9.89 Å². The van der Waals surface area contributed by atoms with Gasteiger partial charge in [-0.2, -0.15) is 5.10 Å². The maximum Gasteiger partial charge on any atom is 0.191 e. The number of benzene rings is 2. The van der Waals surface area contributed by atoms with Gasteiger partial charge in [-0.05, 0) is 61.3 Å². The van der Waals surface area contributed by atoms with Crippen LogP contribution in [-0.4, -0.2) is 59.4 Å². The second-order valence-corrected chi connectivity index (χ2v) is 7.85. The van der Waals surface area contributed by atoms with Gasteiger partial charge in [0.15, 0.2) is 5.96 Å². The molecule has 0 spiro atoms. The molecular weight excluding hydrogens is 529 g/mol. The first-order valence-electron chi connectivity index (χ1n) is 11.0. The van der Waals surface area contributed by atoms with E-state index in [0.29, 0.717) is 6.54 Å². The molecule has 1 aliphatic rings. The van der Waals surface area contributed by atoms with Crippen LogP contribution in [0.15, 0.2) is 66.2 Å². The molecule has 0 saturated carbocycles. The molecule has 176 valence electrons. The van der Waals surface area contributed by atoms with E-state index in [9.17, 15) is 0 Å². The number of hydrogen-bond donors (Lipinski definition) is 2. The lowest BCUT2D eigenvalue weighted by Crippen LogP contribution is -2.42. The number of likely N-dealkylation sites (tertiary alicyclic amines) is 1. The van der Waals surface area contributed by atoms with Gasteiger partial charge in [0, 0.05) is 20.1 Å². The van der Waals surface area contributed by atoms with Crippen molar-refractivity contribution in [3.05, 3.63) is 72.3 Å². The van der Waals surface area contributed by atoms with Crippen molar-refractivity contribution in [1.82, 2.24) is 30.3 Å². The topological polar surface area (TPSA) is 79.6 Å². The van der Waals surface area contributed by atoms with Gasteiger partial charge in [0.1, 0.15) is 18.4 Å². The van der Waals surface area contributed by atoms with Gasteiger partial charge in [-0.1, -0.05) is 24.3 Å². The maximum atomic E-state index is 5.45. The van der Waals surface area contributed by atoms with Crippen LogP contribution in [0.3, 0.4) is 0 Å². The Labute approximate surface area is 212 Å². The van der Waals surface area contributed by atoms with Gasteiger partial charge in [-0.15, -0.1) is 24.0 Å². The van der Waals surface area contributed by atoms with Crippen molar-refractivity contribution in [3.63, 3.8) is 0 Å². The Morgan fingerprint density at radius 3 is 2.58 bits per heavy atom. The molecule has 1 aromatic heterocycles. The summed E-state index contributed by atoms with van der Waals surface area (Å²) in [6.45, 7) is 3.70. The SMILES string of the molecule is CN=C(NCc1ccc(-n2cncn2)cc1)NCC(c1cccc(OC)c1)N1CCCC1.I. The number of aromatic nitrogens is 3. The number of hydrogen-bond acceptors (Lipinski definition) is 5. The Bertz CT molecular complexity index is 1000. The first-order valence-corrected chi connectivity index (χ1v) is 11.0. The van der Waals surface area contributed by atoms with Gasteiger partial charge in [-0.25, -0.2) is 9.67 Å². The lowest BCUT2D eigenvalue weighted by Gasteiger charge is -2.29. The monoisotopic (exact) mass is 561 g/mol. The summed E-state index contributed by atoms with van der Waals surface area (Å²) >= 11 is 0. The fourth-order valence-electron chi connectivity index (χ4n) is 4.07. The van der Waals surface area contributed by atoms with Crippen molar-refractivity contribution < 1.29 is 4.74 Å². The van der Waals surface area contributed by atoms with Crippen molar-refractivity contribution in [3.8, 4) is 11.4 Å². The fraction of sp³-hybridized carbons (Fsp3) is 0.375. The molecule has 2 heterocycles. The van der Waals surface area contributed by atoms with E-state index >= 15 is 0 Å². The molecular formula is C24H32IN7O. The molecule has 9 heteroatoms. The molecule has 8 nitrogen and oxygen atoms in total. The summed E-state index contributed by atoms with van der Waals surface area (Å²) < 4.78 is 7.19. The number of nitrogens with one attached hydrogen (secondary N) is 2. The van der Waals surface area contributed by atoms with Crippen LogP contribution in [-0.2, 0) is 6.54 Å². The van der Waals surface area contributed by atoms with Gasteiger partial charge in [0.05, 0.1) is 18.8 Å². The Balaban J connectivity index is 0.00000306. The van der Waals surface area contributed by atoms with Crippen LogP contribution < -0.4 is 15.4 Å². The summed E-state index contributed by atoms with van der Waals surface area (Å²) in [5.74, 6) is 1.68. The highest BCUT2D eigenvalue weighted by Gasteiger charge is 2.24. The van der Waals surface area contributed by atoms with Crippen molar-refractivity contribution >= 4 is 29.9 Å². The smallest absolute Gasteiger partial charge is 0.191 e. The quantitative estimate of drug-likeness (QED) is 0.250. The first-order chi connectivity index (χ1) is 15.8. The van der Waals surface area contributed by atoms with E-state index in [1.54, 1.807) is 25.2 Å². The number of rotatable bonds is 8. The molecule has 1 fully saturated rings. The van der Waals surface area contributed by atoms with Crippen LogP contribution in [0, 0.1) is 0 Å². The molecule has 3 aromatic rings. The van der Waals surface area contributed by atoms with Crippen LogP contribution in [0.5, 0.6) is 5.75 Å². The molecule has 0 aliphatic carbocycles. The largest absolute Gasteiger partial charge is 0.497 e. The van der Waals surface area contributed by atoms with Gasteiger partial charge in [0.25, 0.3) is 0 Å². The van der Waals surface area contributed by atoms with Crippen LogP contribution in [0.4, 0.5) is 0 Å². The number of methoxy groups -OCH3 is 1. The Morgan fingerprint density at radius 1 is 1.12 bits per heavy atom. The lowest BCUT2D eigenvalue weighted by molar-refractivity contribution is 0.245. The third-order valence-corrected chi connectivity index (χ3v) is 5.83. The number of aliphatic imine (C=N–C) groups is 1. The van der Waals surface area contributed by atoms with Gasteiger partial charge < -0.3 is 15.4 Å².